The zero-order valence-electron chi connectivity index (χ0n) is 14.0. The first-order valence-electron chi connectivity index (χ1n) is 8.39. The Kier molecular flexibility index (Phi) is 6.34. The van der Waals surface area contributed by atoms with Crippen molar-refractivity contribution in [3.05, 3.63) is 93.9 Å². The zero-order chi connectivity index (χ0) is 17.5. The van der Waals surface area contributed by atoms with Gasteiger partial charge in [0.2, 0.25) is 0 Å². The van der Waals surface area contributed by atoms with E-state index in [0.29, 0.717) is 19.5 Å². The second-order valence-corrected chi connectivity index (χ2v) is 7.05. The molecule has 0 spiro atoms. The second-order valence-electron chi connectivity index (χ2n) is 6.27. The lowest BCUT2D eigenvalue weighted by atomic mass is 10.1. The molecular weight excluding hydrogens is 333 g/mol. The van der Waals surface area contributed by atoms with Gasteiger partial charge in [-0.2, -0.15) is 11.3 Å². The molecule has 4 heteroatoms. The molecule has 0 aliphatic rings. The van der Waals surface area contributed by atoms with Crippen LogP contribution in [0.15, 0.2) is 71.4 Å². The van der Waals surface area contributed by atoms with Crippen molar-refractivity contribution in [2.45, 2.75) is 25.6 Å². The van der Waals surface area contributed by atoms with Crippen LogP contribution in [0.1, 0.15) is 16.7 Å². The van der Waals surface area contributed by atoms with E-state index in [0.717, 1.165) is 17.7 Å². The molecule has 2 aromatic carbocycles. The van der Waals surface area contributed by atoms with Crippen LogP contribution < -0.4 is 0 Å². The van der Waals surface area contributed by atoms with Crippen molar-refractivity contribution in [3.63, 3.8) is 0 Å². The first-order valence-corrected chi connectivity index (χ1v) is 9.33. The number of thiophene rings is 1. The van der Waals surface area contributed by atoms with E-state index in [4.69, 9.17) is 0 Å². The Morgan fingerprint density at radius 1 is 0.880 bits per heavy atom. The molecule has 0 saturated heterocycles. The van der Waals surface area contributed by atoms with Gasteiger partial charge in [-0.05, 0) is 52.1 Å². The summed E-state index contributed by atoms with van der Waals surface area (Å²) in [5, 5.41) is 14.7. The van der Waals surface area contributed by atoms with E-state index in [1.165, 1.54) is 17.7 Å². The molecule has 25 heavy (non-hydrogen) atoms. The molecule has 1 heterocycles. The van der Waals surface area contributed by atoms with Crippen LogP contribution in [-0.4, -0.2) is 22.7 Å². The molecule has 0 bridgehead atoms. The third kappa shape index (κ3) is 5.78. The standard InChI is InChI=1S/C21H22FNOS/c22-20-8-6-18(7-9-20)13-23(14-19-10-11-25-16-19)15-21(24)12-17-4-2-1-3-5-17/h1-11,16,21,24H,12-15H2. The van der Waals surface area contributed by atoms with Crippen LogP contribution in [-0.2, 0) is 19.5 Å². The van der Waals surface area contributed by atoms with Gasteiger partial charge in [0.15, 0.2) is 0 Å². The van der Waals surface area contributed by atoms with Crippen LogP contribution in [0.3, 0.4) is 0 Å². The van der Waals surface area contributed by atoms with E-state index in [1.807, 2.05) is 30.3 Å². The Morgan fingerprint density at radius 2 is 1.60 bits per heavy atom. The van der Waals surface area contributed by atoms with Gasteiger partial charge in [-0.1, -0.05) is 42.5 Å². The topological polar surface area (TPSA) is 23.5 Å². The Balaban J connectivity index is 1.65. The van der Waals surface area contributed by atoms with Gasteiger partial charge >= 0.3 is 0 Å². The molecule has 3 aromatic rings. The number of nitrogens with zero attached hydrogens (tertiary/aromatic N) is 1. The fraction of sp³-hybridized carbons (Fsp3) is 0.238. The van der Waals surface area contributed by atoms with Crippen LogP contribution in [0.5, 0.6) is 0 Å². The summed E-state index contributed by atoms with van der Waals surface area (Å²) < 4.78 is 13.1. The quantitative estimate of drug-likeness (QED) is 0.643. The highest BCUT2D eigenvalue weighted by atomic mass is 32.1. The number of benzene rings is 2. The number of aliphatic hydroxyl groups is 1. The van der Waals surface area contributed by atoms with Crippen molar-refractivity contribution in [1.29, 1.82) is 0 Å². The molecule has 1 aromatic heterocycles. The first-order chi connectivity index (χ1) is 12.2. The average Bonchev–Trinajstić information content (AvgIpc) is 3.10. The van der Waals surface area contributed by atoms with Crippen molar-refractivity contribution in [2.24, 2.45) is 0 Å². The molecule has 1 atom stereocenters. The lowest BCUT2D eigenvalue weighted by Crippen LogP contribution is -2.32. The predicted molar refractivity (Wildman–Crippen MR) is 101 cm³/mol. The molecule has 0 fully saturated rings. The molecule has 2 nitrogen and oxygen atoms in total. The summed E-state index contributed by atoms with van der Waals surface area (Å²) in [6, 6.07) is 18.7. The zero-order valence-corrected chi connectivity index (χ0v) is 14.8. The summed E-state index contributed by atoms with van der Waals surface area (Å²) in [7, 11) is 0. The highest BCUT2D eigenvalue weighted by Gasteiger charge is 2.14. The minimum Gasteiger partial charge on any atom is -0.391 e. The van der Waals surface area contributed by atoms with Gasteiger partial charge < -0.3 is 5.11 Å². The van der Waals surface area contributed by atoms with Gasteiger partial charge in [0.05, 0.1) is 6.10 Å². The van der Waals surface area contributed by atoms with E-state index >= 15 is 0 Å². The summed E-state index contributed by atoms with van der Waals surface area (Å²) in [4.78, 5) is 2.21. The molecule has 0 aliphatic heterocycles. The van der Waals surface area contributed by atoms with E-state index in [2.05, 4.69) is 21.7 Å². The first kappa shape index (κ1) is 17.8. The van der Waals surface area contributed by atoms with E-state index in [9.17, 15) is 9.50 Å². The van der Waals surface area contributed by atoms with Gasteiger partial charge in [0.1, 0.15) is 5.82 Å². The molecule has 0 saturated carbocycles. The molecule has 0 aliphatic carbocycles. The highest BCUT2D eigenvalue weighted by Crippen LogP contribution is 2.15. The van der Waals surface area contributed by atoms with Crippen LogP contribution in [0.2, 0.25) is 0 Å². The van der Waals surface area contributed by atoms with Crippen molar-refractivity contribution in [1.82, 2.24) is 4.90 Å². The van der Waals surface area contributed by atoms with Gasteiger partial charge in [-0.3, -0.25) is 4.90 Å². The Bertz CT molecular complexity index is 743. The second kappa shape index (κ2) is 8.90. The van der Waals surface area contributed by atoms with Crippen molar-refractivity contribution in [3.8, 4) is 0 Å². The average molecular weight is 355 g/mol. The molecule has 3 rings (SSSR count). The maximum atomic E-state index is 13.1. The Morgan fingerprint density at radius 3 is 2.28 bits per heavy atom. The largest absolute Gasteiger partial charge is 0.391 e. The summed E-state index contributed by atoms with van der Waals surface area (Å²) in [5.41, 5.74) is 3.41. The summed E-state index contributed by atoms with van der Waals surface area (Å²) in [5.74, 6) is -0.225. The van der Waals surface area contributed by atoms with Crippen LogP contribution in [0.4, 0.5) is 4.39 Å². The molecule has 0 amide bonds. The SMILES string of the molecule is OC(Cc1ccccc1)CN(Cc1ccc(F)cc1)Cc1ccsc1. The Hall–Kier alpha value is -2.01. The molecular formula is C21H22FNOS. The van der Waals surface area contributed by atoms with Crippen molar-refractivity contribution >= 4 is 11.3 Å². The Labute approximate surface area is 152 Å². The number of hydrogen-bond donors (Lipinski definition) is 1. The van der Waals surface area contributed by atoms with E-state index in [-0.39, 0.29) is 5.82 Å². The van der Waals surface area contributed by atoms with Gasteiger partial charge in [0.25, 0.3) is 0 Å². The maximum Gasteiger partial charge on any atom is 0.123 e. The minimum atomic E-state index is -0.443. The number of rotatable bonds is 8. The smallest absolute Gasteiger partial charge is 0.123 e. The summed E-state index contributed by atoms with van der Waals surface area (Å²) >= 11 is 1.67. The minimum absolute atomic E-state index is 0.225. The number of aliphatic hydroxyl groups excluding tert-OH is 1. The summed E-state index contributed by atoms with van der Waals surface area (Å²) in [6.45, 7) is 2.02. The van der Waals surface area contributed by atoms with Gasteiger partial charge in [-0.25, -0.2) is 4.39 Å². The maximum absolute atomic E-state index is 13.1. The van der Waals surface area contributed by atoms with E-state index < -0.39 is 6.10 Å². The number of halogens is 1. The fourth-order valence-electron chi connectivity index (χ4n) is 2.92. The van der Waals surface area contributed by atoms with Crippen LogP contribution in [0.25, 0.3) is 0 Å². The lowest BCUT2D eigenvalue weighted by Gasteiger charge is -2.25. The third-order valence-electron chi connectivity index (χ3n) is 4.09. The van der Waals surface area contributed by atoms with Gasteiger partial charge in [0, 0.05) is 19.6 Å². The van der Waals surface area contributed by atoms with Crippen LogP contribution >= 0.6 is 11.3 Å². The third-order valence-corrected chi connectivity index (χ3v) is 4.82. The van der Waals surface area contributed by atoms with Crippen LogP contribution in [0, 0.1) is 5.82 Å². The molecule has 1 N–H and O–H groups in total. The van der Waals surface area contributed by atoms with Crippen molar-refractivity contribution < 1.29 is 9.50 Å². The molecule has 1 unspecified atom stereocenters. The predicted octanol–water partition coefficient (Wildman–Crippen LogP) is 4.49. The normalized spacial score (nSPS) is 12.4. The lowest BCUT2D eigenvalue weighted by molar-refractivity contribution is 0.105. The monoisotopic (exact) mass is 355 g/mol. The molecule has 130 valence electrons. The van der Waals surface area contributed by atoms with Crippen molar-refractivity contribution in [2.75, 3.05) is 6.54 Å². The molecule has 0 radical (unpaired) electrons. The number of hydrogen-bond acceptors (Lipinski definition) is 3. The fourth-order valence-corrected chi connectivity index (χ4v) is 3.58. The van der Waals surface area contributed by atoms with Gasteiger partial charge in [-0.15, -0.1) is 0 Å². The highest BCUT2D eigenvalue weighted by molar-refractivity contribution is 7.07. The van der Waals surface area contributed by atoms with E-state index in [1.54, 1.807) is 23.5 Å². The summed E-state index contributed by atoms with van der Waals surface area (Å²) in [6.07, 6.45) is 0.186.